The summed E-state index contributed by atoms with van der Waals surface area (Å²) in [5.41, 5.74) is 2.08. The molecule has 1 unspecified atom stereocenters. The van der Waals surface area contributed by atoms with Gasteiger partial charge in [-0.1, -0.05) is 38.1 Å². The highest BCUT2D eigenvalue weighted by atomic mass is 16.2. The van der Waals surface area contributed by atoms with Crippen LogP contribution in [0, 0.1) is 12.8 Å². The van der Waals surface area contributed by atoms with Gasteiger partial charge in [0.2, 0.25) is 11.8 Å². The van der Waals surface area contributed by atoms with Gasteiger partial charge in [-0.3, -0.25) is 9.59 Å². The van der Waals surface area contributed by atoms with Gasteiger partial charge in [0.05, 0.1) is 6.42 Å². The lowest BCUT2D eigenvalue weighted by atomic mass is 10.0. The standard InChI is InChI=1S/C16H24N2O2/c1-11(2)9-14(16(20)17-4)18-15(19)10-13-8-6-5-7-12(13)3/h5-8,11,14H,9-10H2,1-4H3,(H,17,20)(H,18,19). The Hall–Kier alpha value is -1.84. The van der Waals surface area contributed by atoms with Gasteiger partial charge >= 0.3 is 0 Å². The lowest BCUT2D eigenvalue weighted by Gasteiger charge is -2.19. The van der Waals surface area contributed by atoms with E-state index in [0.717, 1.165) is 11.1 Å². The Balaban J connectivity index is 2.66. The third-order valence-corrected chi connectivity index (χ3v) is 3.22. The van der Waals surface area contributed by atoms with E-state index in [-0.39, 0.29) is 11.8 Å². The summed E-state index contributed by atoms with van der Waals surface area (Å²) < 4.78 is 0. The summed E-state index contributed by atoms with van der Waals surface area (Å²) in [6.07, 6.45) is 0.942. The normalized spacial score (nSPS) is 12.1. The molecule has 0 saturated heterocycles. The maximum Gasteiger partial charge on any atom is 0.242 e. The Morgan fingerprint density at radius 2 is 1.85 bits per heavy atom. The Bertz CT molecular complexity index is 469. The lowest BCUT2D eigenvalue weighted by molar-refractivity contribution is -0.128. The third kappa shape index (κ3) is 5.03. The fourth-order valence-electron chi connectivity index (χ4n) is 2.10. The largest absolute Gasteiger partial charge is 0.357 e. The zero-order valence-electron chi connectivity index (χ0n) is 12.7. The first-order chi connectivity index (χ1) is 9.43. The SMILES string of the molecule is CNC(=O)C(CC(C)C)NC(=O)Cc1ccccc1C. The molecule has 0 aromatic heterocycles. The van der Waals surface area contributed by atoms with Crippen molar-refractivity contribution in [3.63, 3.8) is 0 Å². The second-order valence-electron chi connectivity index (χ2n) is 5.47. The van der Waals surface area contributed by atoms with Gasteiger partial charge in [0.15, 0.2) is 0 Å². The molecule has 0 saturated carbocycles. The third-order valence-electron chi connectivity index (χ3n) is 3.22. The summed E-state index contributed by atoms with van der Waals surface area (Å²) in [5, 5.41) is 5.42. The molecule has 0 aliphatic carbocycles. The minimum atomic E-state index is -0.462. The van der Waals surface area contributed by atoms with Gasteiger partial charge in [0.25, 0.3) is 0 Å². The predicted octanol–water partition coefficient (Wildman–Crippen LogP) is 1.81. The van der Waals surface area contributed by atoms with Crippen LogP contribution in [0.5, 0.6) is 0 Å². The average molecular weight is 276 g/mol. The van der Waals surface area contributed by atoms with Gasteiger partial charge < -0.3 is 10.6 Å². The lowest BCUT2D eigenvalue weighted by Crippen LogP contribution is -2.46. The number of hydrogen-bond acceptors (Lipinski definition) is 2. The van der Waals surface area contributed by atoms with Crippen LogP contribution in [0.4, 0.5) is 0 Å². The molecule has 0 spiro atoms. The molecule has 0 fully saturated rings. The summed E-state index contributed by atoms with van der Waals surface area (Å²) in [4.78, 5) is 23.9. The number of carbonyl (C=O) groups is 2. The van der Waals surface area contributed by atoms with Crippen LogP contribution >= 0.6 is 0 Å². The first kappa shape index (κ1) is 16.2. The van der Waals surface area contributed by atoms with E-state index in [9.17, 15) is 9.59 Å². The molecule has 1 atom stereocenters. The first-order valence-electron chi connectivity index (χ1n) is 6.99. The number of likely N-dealkylation sites (N-methyl/N-ethyl adjacent to an activating group) is 1. The van der Waals surface area contributed by atoms with Crippen LogP contribution in [-0.2, 0) is 16.0 Å². The van der Waals surface area contributed by atoms with Crippen LogP contribution in [0.25, 0.3) is 0 Å². The van der Waals surface area contributed by atoms with Crippen molar-refractivity contribution < 1.29 is 9.59 Å². The molecule has 2 N–H and O–H groups in total. The molecule has 110 valence electrons. The number of amides is 2. The quantitative estimate of drug-likeness (QED) is 0.832. The highest BCUT2D eigenvalue weighted by Gasteiger charge is 2.20. The maximum absolute atomic E-state index is 12.1. The molecule has 1 aromatic carbocycles. The van der Waals surface area contributed by atoms with E-state index in [1.807, 2.05) is 45.0 Å². The van der Waals surface area contributed by atoms with Gasteiger partial charge in [0.1, 0.15) is 6.04 Å². The molecular weight excluding hydrogens is 252 g/mol. The number of hydrogen-bond donors (Lipinski definition) is 2. The molecule has 4 heteroatoms. The first-order valence-corrected chi connectivity index (χ1v) is 6.99. The summed E-state index contributed by atoms with van der Waals surface area (Å²) in [6.45, 7) is 6.04. The molecule has 0 heterocycles. The molecule has 0 aliphatic heterocycles. The fraction of sp³-hybridized carbons (Fsp3) is 0.500. The number of rotatable bonds is 6. The average Bonchev–Trinajstić information content (AvgIpc) is 2.39. The van der Waals surface area contributed by atoms with E-state index in [1.165, 1.54) is 0 Å². The molecule has 4 nitrogen and oxygen atoms in total. The zero-order chi connectivity index (χ0) is 15.1. The number of carbonyl (C=O) groups excluding carboxylic acids is 2. The van der Waals surface area contributed by atoms with Crippen molar-refractivity contribution in [2.45, 2.75) is 39.7 Å². The summed E-state index contributed by atoms with van der Waals surface area (Å²) in [6, 6.07) is 7.32. The van der Waals surface area contributed by atoms with Crippen molar-refractivity contribution in [2.75, 3.05) is 7.05 Å². The van der Waals surface area contributed by atoms with E-state index in [0.29, 0.717) is 18.8 Å². The molecular formula is C16H24N2O2. The van der Waals surface area contributed by atoms with Crippen molar-refractivity contribution >= 4 is 11.8 Å². The van der Waals surface area contributed by atoms with E-state index in [4.69, 9.17) is 0 Å². The van der Waals surface area contributed by atoms with E-state index in [2.05, 4.69) is 10.6 Å². The Morgan fingerprint density at radius 1 is 1.20 bits per heavy atom. The predicted molar refractivity (Wildman–Crippen MR) is 80.3 cm³/mol. The smallest absolute Gasteiger partial charge is 0.242 e. The van der Waals surface area contributed by atoms with Crippen LogP contribution in [0.2, 0.25) is 0 Å². The second kappa shape index (κ2) is 7.68. The van der Waals surface area contributed by atoms with Crippen molar-refractivity contribution in [3.8, 4) is 0 Å². The topological polar surface area (TPSA) is 58.2 Å². The Labute approximate surface area is 121 Å². The van der Waals surface area contributed by atoms with Crippen LogP contribution in [0.1, 0.15) is 31.4 Å². The van der Waals surface area contributed by atoms with E-state index in [1.54, 1.807) is 7.05 Å². The van der Waals surface area contributed by atoms with Gasteiger partial charge in [-0.05, 0) is 30.4 Å². The van der Waals surface area contributed by atoms with Crippen LogP contribution < -0.4 is 10.6 Å². The minimum absolute atomic E-state index is 0.117. The monoisotopic (exact) mass is 276 g/mol. The highest BCUT2D eigenvalue weighted by Crippen LogP contribution is 2.09. The van der Waals surface area contributed by atoms with Crippen molar-refractivity contribution in [1.82, 2.24) is 10.6 Å². The van der Waals surface area contributed by atoms with Crippen LogP contribution in [0.3, 0.4) is 0 Å². The molecule has 1 aromatic rings. The highest BCUT2D eigenvalue weighted by molar-refractivity contribution is 5.88. The molecule has 0 bridgehead atoms. The fourth-order valence-corrected chi connectivity index (χ4v) is 2.10. The number of benzene rings is 1. The summed E-state index contributed by atoms with van der Waals surface area (Å²) in [5.74, 6) is 0.0847. The van der Waals surface area contributed by atoms with Crippen molar-refractivity contribution in [3.05, 3.63) is 35.4 Å². The minimum Gasteiger partial charge on any atom is -0.357 e. The molecule has 0 aliphatic rings. The number of nitrogens with one attached hydrogen (secondary N) is 2. The summed E-state index contributed by atoms with van der Waals surface area (Å²) >= 11 is 0. The molecule has 1 rings (SSSR count). The van der Waals surface area contributed by atoms with Gasteiger partial charge in [-0.2, -0.15) is 0 Å². The molecule has 20 heavy (non-hydrogen) atoms. The summed E-state index contributed by atoms with van der Waals surface area (Å²) in [7, 11) is 1.59. The van der Waals surface area contributed by atoms with Gasteiger partial charge in [-0.25, -0.2) is 0 Å². The van der Waals surface area contributed by atoms with Crippen LogP contribution in [0.15, 0.2) is 24.3 Å². The number of aryl methyl sites for hydroxylation is 1. The second-order valence-corrected chi connectivity index (χ2v) is 5.47. The molecule has 0 radical (unpaired) electrons. The van der Waals surface area contributed by atoms with E-state index >= 15 is 0 Å². The Kier molecular flexibility index (Phi) is 6.22. The maximum atomic E-state index is 12.1. The zero-order valence-corrected chi connectivity index (χ0v) is 12.7. The van der Waals surface area contributed by atoms with E-state index < -0.39 is 6.04 Å². The molecule has 2 amide bonds. The Morgan fingerprint density at radius 3 is 2.40 bits per heavy atom. The van der Waals surface area contributed by atoms with Crippen LogP contribution in [-0.4, -0.2) is 24.9 Å². The van der Waals surface area contributed by atoms with Gasteiger partial charge in [0, 0.05) is 7.05 Å². The van der Waals surface area contributed by atoms with Crippen molar-refractivity contribution in [1.29, 1.82) is 0 Å². The van der Waals surface area contributed by atoms with Gasteiger partial charge in [-0.15, -0.1) is 0 Å². The van der Waals surface area contributed by atoms with Crippen molar-refractivity contribution in [2.24, 2.45) is 5.92 Å².